The van der Waals surface area contributed by atoms with Gasteiger partial charge in [0.05, 0.1) is 12.7 Å². The van der Waals surface area contributed by atoms with E-state index in [1.165, 1.54) is 12.1 Å². The third-order valence-corrected chi connectivity index (χ3v) is 3.75. The van der Waals surface area contributed by atoms with E-state index in [-0.39, 0.29) is 18.6 Å². The summed E-state index contributed by atoms with van der Waals surface area (Å²) in [7, 11) is 1.70. The van der Waals surface area contributed by atoms with Crippen LogP contribution in [0.2, 0.25) is 5.02 Å². The third kappa shape index (κ3) is 4.69. The van der Waals surface area contributed by atoms with E-state index in [1.807, 2.05) is 24.7 Å². The van der Waals surface area contributed by atoms with Gasteiger partial charge < -0.3 is 10.2 Å². The van der Waals surface area contributed by atoms with E-state index in [1.54, 1.807) is 24.2 Å². The van der Waals surface area contributed by atoms with Crippen molar-refractivity contribution < 1.29 is 9.18 Å². The standard InChI is InChI=1S/C16H20ClFN4O/c1-11(2)22-10-12(7-20-22)9-21(3)16(23)19-8-13-4-5-14(18)6-15(13)17/h4-7,10-11H,8-9H2,1-3H3,(H,19,23). The normalized spacial score (nSPS) is 10.9. The molecule has 1 aromatic carbocycles. The lowest BCUT2D eigenvalue weighted by atomic mass is 10.2. The lowest BCUT2D eigenvalue weighted by Crippen LogP contribution is -2.36. The Morgan fingerprint density at radius 3 is 2.83 bits per heavy atom. The summed E-state index contributed by atoms with van der Waals surface area (Å²) < 4.78 is 14.8. The number of aromatic nitrogens is 2. The van der Waals surface area contributed by atoms with Gasteiger partial charge in [-0.1, -0.05) is 17.7 Å². The lowest BCUT2D eigenvalue weighted by Gasteiger charge is -2.17. The molecular formula is C16H20ClFN4O. The lowest BCUT2D eigenvalue weighted by molar-refractivity contribution is 0.206. The molecule has 1 aromatic heterocycles. The Bertz CT molecular complexity index is 686. The predicted octanol–water partition coefficient (Wildman–Crippen LogP) is 3.60. The van der Waals surface area contributed by atoms with Crippen molar-refractivity contribution in [2.24, 2.45) is 0 Å². The molecule has 2 amide bonds. The molecule has 0 atom stereocenters. The van der Waals surface area contributed by atoms with Gasteiger partial charge in [0.2, 0.25) is 0 Å². The Kier molecular flexibility index (Phi) is 5.60. The Labute approximate surface area is 140 Å². The average molecular weight is 339 g/mol. The van der Waals surface area contributed by atoms with Crippen LogP contribution in [-0.2, 0) is 13.1 Å². The molecule has 0 aliphatic rings. The van der Waals surface area contributed by atoms with Crippen LogP contribution < -0.4 is 5.32 Å². The van der Waals surface area contributed by atoms with Crippen molar-refractivity contribution in [2.75, 3.05) is 7.05 Å². The van der Waals surface area contributed by atoms with Gasteiger partial charge in [-0.15, -0.1) is 0 Å². The van der Waals surface area contributed by atoms with E-state index in [4.69, 9.17) is 11.6 Å². The first-order valence-electron chi connectivity index (χ1n) is 7.32. The fourth-order valence-electron chi connectivity index (χ4n) is 2.06. The smallest absolute Gasteiger partial charge is 0.317 e. The maximum Gasteiger partial charge on any atom is 0.317 e. The van der Waals surface area contributed by atoms with Gasteiger partial charge >= 0.3 is 6.03 Å². The van der Waals surface area contributed by atoms with E-state index in [9.17, 15) is 9.18 Å². The molecule has 2 rings (SSSR count). The summed E-state index contributed by atoms with van der Waals surface area (Å²) in [4.78, 5) is 13.7. The van der Waals surface area contributed by atoms with Crippen molar-refractivity contribution >= 4 is 17.6 Å². The van der Waals surface area contributed by atoms with Gasteiger partial charge in [-0.2, -0.15) is 5.10 Å². The van der Waals surface area contributed by atoms with Gasteiger partial charge in [0, 0.05) is 36.4 Å². The number of benzene rings is 1. The van der Waals surface area contributed by atoms with Gasteiger partial charge in [0.25, 0.3) is 0 Å². The van der Waals surface area contributed by atoms with Crippen LogP contribution >= 0.6 is 11.6 Å². The van der Waals surface area contributed by atoms with Gasteiger partial charge in [-0.25, -0.2) is 9.18 Å². The summed E-state index contributed by atoms with van der Waals surface area (Å²) in [5.74, 6) is -0.399. The topological polar surface area (TPSA) is 50.2 Å². The first-order valence-corrected chi connectivity index (χ1v) is 7.70. The minimum absolute atomic E-state index is 0.234. The molecule has 0 radical (unpaired) electrons. The van der Waals surface area contributed by atoms with Crippen LogP contribution in [0.15, 0.2) is 30.6 Å². The Hall–Kier alpha value is -2.08. The maximum atomic E-state index is 13.0. The number of nitrogens with zero attached hydrogens (tertiary/aromatic N) is 3. The molecule has 0 aliphatic carbocycles. The summed E-state index contributed by atoms with van der Waals surface area (Å²) in [6.45, 7) is 4.78. The van der Waals surface area contributed by atoms with Crippen molar-refractivity contribution in [3.63, 3.8) is 0 Å². The van der Waals surface area contributed by atoms with Gasteiger partial charge in [-0.05, 0) is 31.5 Å². The van der Waals surface area contributed by atoms with Gasteiger partial charge in [0.1, 0.15) is 5.82 Å². The highest BCUT2D eigenvalue weighted by molar-refractivity contribution is 6.31. The van der Waals surface area contributed by atoms with Crippen LogP contribution in [0, 0.1) is 5.82 Å². The SMILES string of the molecule is CC(C)n1cc(CN(C)C(=O)NCc2ccc(F)cc2Cl)cn1. The number of amides is 2. The second-order valence-corrected chi connectivity index (χ2v) is 6.08. The first-order chi connectivity index (χ1) is 10.9. The molecule has 1 N–H and O–H groups in total. The molecule has 1 heterocycles. The second kappa shape index (κ2) is 7.46. The number of rotatable bonds is 5. The summed E-state index contributed by atoms with van der Waals surface area (Å²) in [6.07, 6.45) is 3.67. The average Bonchev–Trinajstić information content (AvgIpc) is 2.94. The second-order valence-electron chi connectivity index (χ2n) is 5.67. The number of nitrogens with one attached hydrogen (secondary N) is 1. The van der Waals surface area contributed by atoms with Crippen LogP contribution in [0.4, 0.5) is 9.18 Å². The quantitative estimate of drug-likeness (QED) is 0.905. The summed E-state index contributed by atoms with van der Waals surface area (Å²) in [5.41, 5.74) is 1.62. The van der Waals surface area contributed by atoms with Crippen molar-refractivity contribution in [3.8, 4) is 0 Å². The molecule has 0 bridgehead atoms. The third-order valence-electron chi connectivity index (χ3n) is 3.40. The molecule has 124 valence electrons. The number of hydrogen-bond donors (Lipinski definition) is 1. The summed E-state index contributed by atoms with van der Waals surface area (Å²) >= 11 is 5.94. The molecular weight excluding hydrogens is 319 g/mol. The molecule has 0 saturated carbocycles. The van der Waals surface area contributed by atoms with E-state index >= 15 is 0 Å². The fraction of sp³-hybridized carbons (Fsp3) is 0.375. The maximum absolute atomic E-state index is 13.0. The van der Waals surface area contributed by atoms with E-state index in [2.05, 4.69) is 10.4 Å². The molecule has 0 spiro atoms. The van der Waals surface area contributed by atoms with Crippen LogP contribution in [-0.4, -0.2) is 27.8 Å². The van der Waals surface area contributed by atoms with Crippen LogP contribution in [0.5, 0.6) is 0 Å². The van der Waals surface area contributed by atoms with Gasteiger partial charge in [0.15, 0.2) is 0 Å². The number of halogens is 2. The Morgan fingerprint density at radius 2 is 2.22 bits per heavy atom. The minimum Gasteiger partial charge on any atom is -0.334 e. The zero-order valence-electron chi connectivity index (χ0n) is 13.4. The van der Waals surface area contributed by atoms with Crippen molar-refractivity contribution in [1.82, 2.24) is 20.0 Å². The number of urea groups is 1. The zero-order valence-corrected chi connectivity index (χ0v) is 14.1. The van der Waals surface area contributed by atoms with E-state index < -0.39 is 5.82 Å². The molecule has 0 saturated heterocycles. The van der Waals surface area contributed by atoms with Gasteiger partial charge in [-0.3, -0.25) is 4.68 Å². The largest absolute Gasteiger partial charge is 0.334 e. The molecule has 5 nitrogen and oxygen atoms in total. The zero-order chi connectivity index (χ0) is 17.0. The van der Waals surface area contributed by atoms with E-state index in [0.29, 0.717) is 17.1 Å². The number of hydrogen-bond acceptors (Lipinski definition) is 2. The highest BCUT2D eigenvalue weighted by Crippen LogP contribution is 2.17. The highest BCUT2D eigenvalue weighted by atomic mass is 35.5. The fourth-order valence-corrected chi connectivity index (χ4v) is 2.29. The minimum atomic E-state index is -0.399. The molecule has 7 heteroatoms. The van der Waals surface area contributed by atoms with Crippen LogP contribution in [0.1, 0.15) is 31.0 Å². The molecule has 0 aliphatic heterocycles. The molecule has 0 fully saturated rings. The predicted molar refractivity (Wildman–Crippen MR) is 87.7 cm³/mol. The Morgan fingerprint density at radius 1 is 1.48 bits per heavy atom. The molecule has 0 unspecified atom stereocenters. The molecule has 2 aromatic rings. The highest BCUT2D eigenvalue weighted by Gasteiger charge is 2.11. The number of carbonyl (C=O) groups is 1. The molecule has 23 heavy (non-hydrogen) atoms. The summed E-state index contributed by atoms with van der Waals surface area (Å²) in [6, 6.07) is 4.15. The van der Waals surface area contributed by atoms with Crippen molar-refractivity contribution in [3.05, 3.63) is 52.6 Å². The van der Waals surface area contributed by atoms with Crippen molar-refractivity contribution in [1.29, 1.82) is 0 Å². The van der Waals surface area contributed by atoms with Crippen LogP contribution in [0.25, 0.3) is 0 Å². The number of carbonyl (C=O) groups excluding carboxylic acids is 1. The monoisotopic (exact) mass is 338 g/mol. The first kappa shape index (κ1) is 17.3. The van der Waals surface area contributed by atoms with Crippen LogP contribution in [0.3, 0.4) is 0 Å². The van der Waals surface area contributed by atoms with Crippen molar-refractivity contribution in [2.45, 2.75) is 33.0 Å². The Balaban J connectivity index is 1.89. The summed E-state index contributed by atoms with van der Waals surface area (Å²) in [5, 5.41) is 7.31. The van der Waals surface area contributed by atoms with E-state index in [0.717, 1.165) is 5.56 Å².